The summed E-state index contributed by atoms with van der Waals surface area (Å²) in [7, 11) is 0. The summed E-state index contributed by atoms with van der Waals surface area (Å²) in [4.78, 5) is 44.9. The van der Waals surface area contributed by atoms with E-state index in [0.29, 0.717) is 25.1 Å². The molecule has 0 aliphatic carbocycles. The Morgan fingerprint density at radius 3 is 2.06 bits per heavy atom. The van der Waals surface area contributed by atoms with Crippen LogP contribution in [-0.4, -0.2) is 60.1 Å². The van der Waals surface area contributed by atoms with E-state index in [4.69, 9.17) is 0 Å². The minimum absolute atomic E-state index is 0.121. The second kappa shape index (κ2) is 15.6. The van der Waals surface area contributed by atoms with Gasteiger partial charge in [0.05, 0.1) is 6.54 Å². The van der Waals surface area contributed by atoms with Crippen LogP contribution in [0.3, 0.4) is 0 Å². The number of imide groups is 1. The van der Waals surface area contributed by atoms with Gasteiger partial charge in [0.2, 0.25) is 5.91 Å². The SMILES string of the molecule is CCCCCCCCCCCCCCN1CCN(C(=O)c2ccc(CC3NOC(=O)N3)cc2)C(=O)C1. The number of hydrogen-bond acceptors (Lipinski definition) is 6. The van der Waals surface area contributed by atoms with Crippen molar-refractivity contribution in [3.05, 3.63) is 35.4 Å². The van der Waals surface area contributed by atoms with Crippen LogP contribution in [0.25, 0.3) is 0 Å². The van der Waals surface area contributed by atoms with Crippen molar-refractivity contribution in [2.24, 2.45) is 0 Å². The minimum atomic E-state index is -0.497. The number of piperazine rings is 1. The molecule has 2 heterocycles. The standard InChI is InChI=1S/C28H44N4O4/c1-2-3-4-5-6-7-8-9-10-11-12-13-18-31-19-20-32(26(33)22-31)27(34)24-16-14-23(15-17-24)21-25-29-28(35)36-30-25/h14-17,25,30H,2-13,18-22H2,1H3,(H,29,35). The molecule has 3 rings (SSSR count). The zero-order valence-corrected chi connectivity index (χ0v) is 21.9. The van der Waals surface area contributed by atoms with Crippen LogP contribution >= 0.6 is 0 Å². The van der Waals surface area contributed by atoms with E-state index in [1.165, 1.54) is 75.5 Å². The number of amides is 3. The van der Waals surface area contributed by atoms with Crippen LogP contribution in [0.5, 0.6) is 0 Å². The third-order valence-electron chi connectivity index (χ3n) is 7.10. The van der Waals surface area contributed by atoms with E-state index >= 15 is 0 Å². The molecule has 2 aliphatic heterocycles. The summed E-state index contributed by atoms with van der Waals surface area (Å²) in [5.41, 5.74) is 4.06. The summed E-state index contributed by atoms with van der Waals surface area (Å²) in [6, 6.07) is 7.16. The molecule has 8 nitrogen and oxygen atoms in total. The average molecular weight is 501 g/mol. The maximum atomic E-state index is 12.9. The zero-order chi connectivity index (χ0) is 25.6. The van der Waals surface area contributed by atoms with Gasteiger partial charge in [0.1, 0.15) is 6.17 Å². The maximum Gasteiger partial charge on any atom is 0.427 e. The van der Waals surface area contributed by atoms with E-state index in [2.05, 4.69) is 27.5 Å². The fourth-order valence-electron chi connectivity index (χ4n) is 4.90. The molecule has 0 aromatic heterocycles. The molecule has 2 saturated heterocycles. The lowest BCUT2D eigenvalue weighted by Gasteiger charge is -2.33. The molecule has 2 fully saturated rings. The van der Waals surface area contributed by atoms with Crippen LogP contribution in [0.15, 0.2) is 24.3 Å². The highest BCUT2D eigenvalue weighted by Gasteiger charge is 2.29. The highest BCUT2D eigenvalue weighted by Crippen LogP contribution is 2.15. The summed E-state index contributed by atoms with van der Waals surface area (Å²) in [5, 5.41) is 2.64. The van der Waals surface area contributed by atoms with Crippen LogP contribution in [0.2, 0.25) is 0 Å². The first-order chi connectivity index (χ1) is 17.6. The molecule has 2 N–H and O–H groups in total. The monoisotopic (exact) mass is 500 g/mol. The molecular weight excluding hydrogens is 456 g/mol. The van der Waals surface area contributed by atoms with Crippen molar-refractivity contribution in [2.45, 2.75) is 96.6 Å². The Bertz CT molecular complexity index is 829. The number of carbonyl (C=O) groups excluding carboxylic acids is 3. The van der Waals surface area contributed by atoms with E-state index < -0.39 is 6.09 Å². The fourth-order valence-corrected chi connectivity index (χ4v) is 4.90. The van der Waals surface area contributed by atoms with E-state index in [0.717, 1.165) is 25.1 Å². The number of rotatable bonds is 16. The third kappa shape index (κ3) is 9.54. The molecule has 1 atom stereocenters. The summed E-state index contributed by atoms with van der Waals surface area (Å²) >= 11 is 0. The number of nitrogens with zero attached hydrogens (tertiary/aromatic N) is 2. The van der Waals surface area contributed by atoms with Crippen molar-refractivity contribution in [3.63, 3.8) is 0 Å². The predicted molar refractivity (Wildman–Crippen MR) is 140 cm³/mol. The fraction of sp³-hybridized carbons (Fsp3) is 0.679. The first kappa shape index (κ1) is 28.1. The van der Waals surface area contributed by atoms with Crippen LogP contribution in [0, 0.1) is 0 Å². The third-order valence-corrected chi connectivity index (χ3v) is 7.10. The number of nitrogens with one attached hydrogen (secondary N) is 2. The van der Waals surface area contributed by atoms with Crippen molar-refractivity contribution in [2.75, 3.05) is 26.2 Å². The number of unbranched alkanes of at least 4 members (excludes halogenated alkanes) is 11. The molecule has 3 amide bonds. The quantitative estimate of drug-likeness (QED) is 0.251. The van der Waals surface area contributed by atoms with Gasteiger partial charge in [-0.15, -0.1) is 5.48 Å². The Hall–Kier alpha value is -2.45. The Balaban J connectivity index is 1.26. The predicted octanol–water partition coefficient (Wildman–Crippen LogP) is 4.79. The molecule has 1 unspecified atom stereocenters. The van der Waals surface area contributed by atoms with Crippen molar-refractivity contribution in [1.29, 1.82) is 0 Å². The molecule has 0 radical (unpaired) electrons. The van der Waals surface area contributed by atoms with Crippen LogP contribution in [-0.2, 0) is 16.1 Å². The van der Waals surface area contributed by atoms with Crippen molar-refractivity contribution >= 4 is 17.9 Å². The Morgan fingerprint density at radius 1 is 0.889 bits per heavy atom. The largest absolute Gasteiger partial charge is 0.427 e. The van der Waals surface area contributed by atoms with E-state index in [9.17, 15) is 14.4 Å². The maximum absolute atomic E-state index is 12.9. The van der Waals surface area contributed by atoms with Crippen LogP contribution in [0.4, 0.5) is 4.79 Å². The number of carbonyl (C=O) groups is 3. The molecule has 8 heteroatoms. The molecule has 1 aromatic rings. The van der Waals surface area contributed by atoms with Crippen molar-refractivity contribution in [1.82, 2.24) is 20.6 Å². The first-order valence-corrected chi connectivity index (χ1v) is 14.0. The van der Waals surface area contributed by atoms with Gasteiger partial charge in [-0.2, -0.15) is 0 Å². The van der Waals surface area contributed by atoms with E-state index in [1.54, 1.807) is 12.1 Å². The first-order valence-electron chi connectivity index (χ1n) is 14.0. The lowest BCUT2D eigenvalue weighted by atomic mass is 10.1. The smallest absolute Gasteiger partial charge is 0.352 e. The number of benzene rings is 1. The summed E-state index contributed by atoms with van der Waals surface area (Å²) < 4.78 is 0. The van der Waals surface area contributed by atoms with Crippen LogP contribution < -0.4 is 10.8 Å². The summed E-state index contributed by atoms with van der Waals surface area (Å²) in [5.74, 6) is -0.364. The van der Waals surface area contributed by atoms with Gasteiger partial charge >= 0.3 is 6.09 Å². The molecular formula is C28H44N4O4. The highest BCUT2D eigenvalue weighted by molar-refractivity contribution is 6.05. The van der Waals surface area contributed by atoms with Gasteiger partial charge in [-0.1, -0.05) is 89.7 Å². The van der Waals surface area contributed by atoms with Gasteiger partial charge in [0.15, 0.2) is 0 Å². The second-order valence-corrected chi connectivity index (χ2v) is 10.1. The van der Waals surface area contributed by atoms with Gasteiger partial charge in [-0.25, -0.2) is 4.79 Å². The van der Waals surface area contributed by atoms with Crippen LogP contribution in [0.1, 0.15) is 99.9 Å². The minimum Gasteiger partial charge on any atom is -0.352 e. The van der Waals surface area contributed by atoms with Gasteiger partial charge in [-0.3, -0.25) is 19.4 Å². The topological polar surface area (TPSA) is 91.0 Å². The van der Waals surface area contributed by atoms with Crippen molar-refractivity contribution in [3.8, 4) is 0 Å². The Morgan fingerprint density at radius 2 is 1.50 bits per heavy atom. The van der Waals surface area contributed by atoms with E-state index in [1.807, 2.05) is 12.1 Å². The Labute approximate surface area is 216 Å². The normalized spacial score (nSPS) is 18.4. The van der Waals surface area contributed by atoms with Crippen molar-refractivity contribution < 1.29 is 19.2 Å². The molecule has 0 spiro atoms. The van der Waals surface area contributed by atoms with Gasteiger partial charge in [-0.05, 0) is 30.7 Å². The van der Waals surface area contributed by atoms with E-state index in [-0.39, 0.29) is 18.0 Å². The van der Waals surface area contributed by atoms with Gasteiger partial charge < -0.3 is 10.2 Å². The molecule has 200 valence electrons. The number of hydroxylamine groups is 1. The highest BCUT2D eigenvalue weighted by atomic mass is 16.7. The number of hydrogen-bond donors (Lipinski definition) is 2. The zero-order valence-electron chi connectivity index (χ0n) is 21.9. The molecule has 0 saturated carbocycles. The lowest BCUT2D eigenvalue weighted by Crippen LogP contribution is -2.52. The molecule has 2 aliphatic rings. The van der Waals surface area contributed by atoms with Gasteiger partial charge in [0.25, 0.3) is 5.91 Å². The summed E-state index contributed by atoms with van der Waals surface area (Å²) in [6.45, 7) is 4.68. The molecule has 1 aromatic carbocycles. The molecule has 36 heavy (non-hydrogen) atoms. The Kier molecular flexibility index (Phi) is 12.2. The molecule has 0 bridgehead atoms. The summed E-state index contributed by atoms with van der Waals surface area (Å²) in [6.07, 6.45) is 15.6. The lowest BCUT2D eigenvalue weighted by molar-refractivity contribution is -0.132. The second-order valence-electron chi connectivity index (χ2n) is 10.1. The van der Waals surface area contributed by atoms with Gasteiger partial charge in [0, 0.05) is 25.1 Å². The average Bonchev–Trinajstić information content (AvgIpc) is 3.29.